The summed E-state index contributed by atoms with van der Waals surface area (Å²) in [6, 6.07) is 9.61. The van der Waals surface area contributed by atoms with Crippen molar-refractivity contribution in [2.45, 2.75) is 25.1 Å². The van der Waals surface area contributed by atoms with Crippen LogP contribution in [0.4, 0.5) is 14.8 Å². The predicted octanol–water partition coefficient (Wildman–Crippen LogP) is 2.81. The summed E-state index contributed by atoms with van der Waals surface area (Å²) >= 11 is 2.19. The maximum Gasteiger partial charge on any atom is 0.360 e. The first-order chi connectivity index (χ1) is 16.5. The third-order valence-electron chi connectivity index (χ3n) is 4.68. The van der Waals surface area contributed by atoms with E-state index in [9.17, 15) is 22.0 Å². The van der Waals surface area contributed by atoms with Crippen LogP contribution in [-0.4, -0.2) is 44.3 Å². The molecule has 0 saturated heterocycles. The van der Waals surface area contributed by atoms with Gasteiger partial charge in [0.1, 0.15) is 24.0 Å². The summed E-state index contributed by atoms with van der Waals surface area (Å²) in [4.78, 5) is 16.4. The van der Waals surface area contributed by atoms with Crippen LogP contribution in [0, 0.1) is 15.2 Å². The number of ether oxygens (including phenoxy) is 1. The van der Waals surface area contributed by atoms with Gasteiger partial charge in [0, 0.05) is 28.8 Å². The van der Waals surface area contributed by atoms with Crippen molar-refractivity contribution in [1.82, 2.24) is 10.3 Å². The number of nitrogens with two attached hydrogens (primary N) is 1. The molecule has 1 aromatic heterocycles. The van der Waals surface area contributed by atoms with E-state index in [1.54, 1.807) is 0 Å². The van der Waals surface area contributed by atoms with E-state index in [1.165, 1.54) is 0 Å². The Labute approximate surface area is 214 Å². The summed E-state index contributed by atoms with van der Waals surface area (Å²) in [5.41, 5.74) is 7.29. The fourth-order valence-electron chi connectivity index (χ4n) is 3.19. The van der Waals surface area contributed by atoms with Gasteiger partial charge in [-0.3, -0.25) is 0 Å². The number of anilines is 1. The number of hydrogen-bond acceptors (Lipinski definition) is 8. The summed E-state index contributed by atoms with van der Waals surface area (Å²) in [5.74, 6) is -2.39. The van der Waals surface area contributed by atoms with Crippen LogP contribution in [0.15, 0.2) is 53.1 Å². The number of benzene rings is 2. The summed E-state index contributed by atoms with van der Waals surface area (Å²) in [6.45, 7) is 0.584. The monoisotopic (exact) mass is 620 g/mol. The Morgan fingerprint density at radius 3 is 2.57 bits per heavy atom. The summed E-state index contributed by atoms with van der Waals surface area (Å²) in [6.07, 6.45) is 0.954. The van der Waals surface area contributed by atoms with Crippen LogP contribution in [0.2, 0.25) is 0 Å². The number of hydrogen-bond donors (Lipinski definition) is 3. The van der Waals surface area contributed by atoms with E-state index in [1.807, 2.05) is 29.0 Å². The molecule has 188 valence electrons. The van der Waals surface area contributed by atoms with Gasteiger partial charge in [0.25, 0.3) is 0 Å². The van der Waals surface area contributed by atoms with Gasteiger partial charge in [-0.25, -0.2) is 26.7 Å². The molecule has 2 aromatic carbocycles. The second-order valence-corrected chi connectivity index (χ2v) is 10.8. The molecule has 35 heavy (non-hydrogen) atoms. The third kappa shape index (κ3) is 8.83. The standard InChI is InChI=1S/C22H23F2IN4O5S/c1-35(31,32)29-22-28-19(12-33-22)21(30)34-20(11-27-10-13-3-2-4-17(25)7-13)18(26)8-14-5-15(23)9-16(24)6-14/h2-7,9,12,18,20,27H,8,10-11,26H2,1H3,(H,28,29)/t18-,20+/m0/s1. The zero-order valence-corrected chi connectivity index (χ0v) is 21.5. The van der Waals surface area contributed by atoms with Gasteiger partial charge in [-0.1, -0.05) is 12.1 Å². The Bertz CT molecular complexity index is 1270. The number of nitrogens with zero attached hydrogens (tertiary/aromatic N) is 1. The first-order valence-corrected chi connectivity index (χ1v) is 13.3. The molecule has 0 aliphatic rings. The highest BCUT2D eigenvalue weighted by atomic mass is 127. The highest BCUT2D eigenvalue weighted by Gasteiger charge is 2.25. The van der Waals surface area contributed by atoms with E-state index in [0.29, 0.717) is 12.1 Å². The van der Waals surface area contributed by atoms with Crippen molar-refractivity contribution in [3.05, 3.63) is 80.8 Å². The number of carbonyl (C=O) groups is 1. The molecule has 0 fully saturated rings. The van der Waals surface area contributed by atoms with Gasteiger partial charge in [0.2, 0.25) is 10.0 Å². The number of rotatable bonds is 11. The van der Waals surface area contributed by atoms with Crippen LogP contribution >= 0.6 is 22.6 Å². The van der Waals surface area contributed by atoms with Crippen LogP contribution in [0.25, 0.3) is 0 Å². The number of sulfonamides is 1. The minimum Gasteiger partial charge on any atom is -0.455 e. The molecule has 0 spiro atoms. The van der Waals surface area contributed by atoms with Crippen molar-refractivity contribution < 1.29 is 31.1 Å². The Balaban J connectivity index is 1.72. The van der Waals surface area contributed by atoms with Crippen molar-refractivity contribution in [3.63, 3.8) is 0 Å². The molecule has 0 radical (unpaired) electrons. The number of halogens is 3. The van der Waals surface area contributed by atoms with Crippen molar-refractivity contribution in [1.29, 1.82) is 0 Å². The van der Waals surface area contributed by atoms with E-state index in [-0.39, 0.29) is 18.7 Å². The topological polar surface area (TPSA) is 137 Å². The molecule has 0 unspecified atom stereocenters. The number of oxazole rings is 1. The van der Waals surface area contributed by atoms with Gasteiger partial charge in [-0.2, -0.15) is 4.98 Å². The smallest absolute Gasteiger partial charge is 0.360 e. The van der Waals surface area contributed by atoms with Crippen molar-refractivity contribution in [2.24, 2.45) is 5.73 Å². The predicted molar refractivity (Wildman–Crippen MR) is 133 cm³/mol. The van der Waals surface area contributed by atoms with E-state index in [4.69, 9.17) is 14.9 Å². The van der Waals surface area contributed by atoms with Crippen LogP contribution in [0.5, 0.6) is 0 Å². The molecule has 0 saturated carbocycles. The van der Waals surface area contributed by atoms with Crippen molar-refractivity contribution in [3.8, 4) is 0 Å². The lowest BCUT2D eigenvalue weighted by Crippen LogP contribution is -2.46. The molecular formula is C22H23F2IN4O5S. The highest BCUT2D eigenvalue weighted by Crippen LogP contribution is 2.15. The van der Waals surface area contributed by atoms with Gasteiger partial charge in [-0.15, -0.1) is 0 Å². The minimum absolute atomic E-state index is 0.0250. The average Bonchev–Trinajstić information content (AvgIpc) is 3.19. The molecule has 3 aromatic rings. The number of aromatic nitrogens is 1. The highest BCUT2D eigenvalue weighted by molar-refractivity contribution is 14.1. The number of nitrogens with one attached hydrogen (secondary N) is 2. The van der Waals surface area contributed by atoms with E-state index in [0.717, 1.165) is 39.9 Å². The van der Waals surface area contributed by atoms with Crippen LogP contribution in [-0.2, 0) is 27.7 Å². The minimum atomic E-state index is -3.66. The molecule has 2 atom stereocenters. The molecule has 0 aliphatic carbocycles. The van der Waals surface area contributed by atoms with Crippen LogP contribution < -0.4 is 15.8 Å². The molecule has 0 bridgehead atoms. The van der Waals surface area contributed by atoms with E-state index in [2.05, 4.69) is 32.9 Å². The Hall–Kier alpha value is -2.62. The largest absolute Gasteiger partial charge is 0.455 e. The molecular weight excluding hydrogens is 597 g/mol. The molecule has 13 heteroatoms. The molecule has 3 rings (SSSR count). The zero-order chi connectivity index (χ0) is 25.6. The average molecular weight is 620 g/mol. The van der Waals surface area contributed by atoms with Crippen molar-refractivity contribution in [2.75, 3.05) is 17.5 Å². The second kappa shape index (κ2) is 11.9. The maximum absolute atomic E-state index is 13.6. The fourth-order valence-corrected chi connectivity index (χ4v) is 4.21. The number of carbonyl (C=O) groups excluding carboxylic acids is 1. The zero-order valence-electron chi connectivity index (χ0n) is 18.5. The summed E-state index contributed by atoms with van der Waals surface area (Å²) in [7, 11) is -3.66. The van der Waals surface area contributed by atoms with Gasteiger partial charge >= 0.3 is 12.0 Å². The van der Waals surface area contributed by atoms with E-state index < -0.39 is 45.8 Å². The fraction of sp³-hybridized carbons (Fsp3) is 0.273. The van der Waals surface area contributed by atoms with Gasteiger partial charge in [-0.05, 0) is 64.4 Å². The lowest BCUT2D eigenvalue weighted by Gasteiger charge is -2.24. The van der Waals surface area contributed by atoms with Gasteiger partial charge in [0.15, 0.2) is 5.69 Å². The van der Waals surface area contributed by atoms with Crippen LogP contribution in [0.3, 0.4) is 0 Å². The second-order valence-electron chi connectivity index (χ2n) is 7.76. The SMILES string of the molecule is CS(=O)(=O)Nc1nc(C(=O)O[C@H](CNCc2cccc(I)c2)[C@@H](N)Cc2cc(F)cc(F)c2)co1. The van der Waals surface area contributed by atoms with Crippen molar-refractivity contribution >= 4 is 44.6 Å². The molecule has 0 amide bonds. The molecule has 9 nitrogen and oxygen atoms in total. The Morgan fingerprint density at radius 2 is 1.91 bits per heavy atom. The maximum atomic E-state index is 13.6. The van der Waals surface area contributed by atoms with Gasteiger partial charge in [0.05, 0.1) is 6.26 Å². The number of esters is 1. The lowest BCUT2D eigenvalue weighted by atomic mass is 10.0. The quantitative estimate of drug-likeness (QED) is 0.220. The lowest BCUT2D eigenvalue weighted by molar-refractivity contribution is 0.0231. The Kier molecular flexibility index (Phi) is 9.15. The molecule has 0 aliphatic heterocycles. The molecule has 1 heterocycles. The van der Waals surface area contributed by atoms with Crippen LogP contribution in [0.1, 0.15) is 21.6 Å². The van der Waals surface area contributed by atoms with Gasteiger partial charge < -0.3 is 20.2 Å². The molecule has 4 N–H and O–H groups in total. The summed E-state index contributed by atoms with van der Waals surface area (Å²) in [5, 5.41) is 3.17. The normalized spacial score (nSPS) is 13.3. The van der Waals surface area contributed by atoms with E-state index >= 15 is 0 Å². The first-order valence-electron chi connectivity index (χ1n) is 10.3. The Morgan fingerprint density at radius 1 is 1.20 bits per heavy atom. The third-order valence-corrected chi connectivity index (χ3v) is 5.90. The summed E-state index contributed by atoms with van der Waals surface area (Å²) < 4.78 is 63.4. The first kappa shape index (κ1) is 27.0.